The summed E-state index contributed by atoms with van der Waals surface area (Å²) >= 11 is 0. The van der Waals surface area contributed by atoms with Crippen LogP contribution in [-0.4, -0.2) is 0 Å². The van der Waals surface area contributed by atoms with Crippen LogP contribution in [0.2, 0.25) is 0 Å². The molecule has 0 spiro atoms. The average molecular weight is 150 g/mol. The molecule has 0 saturated carbocycles. The monoisotopic (exact) mass is 150 g/mol. The lowest BCUT2D eigenvalue weighted by molar-refractivity contribution is 0.450. The molecule has 1 aliphatic rings. The molecule has 0 aromatic rings. The van der Waals surface area contributed by atoms with E-state index in [1.165, 1.54) is 18.4 Å². The van der Waals surface area contributed by atoms with Crippen molar-refractivity contribution in [3.8, 4) is 0 Å². The highest BCUT2D eigenvalue weighted by molar-refractivity contribution is 5.12. The Kier molecular flexibility index (Phi) is 2.53. The van der Waals surface area contributed by atoms with Crippen LogP contribution >= 0.6 is 0 Å². The first-order chi connectivity index (χ1) is 5.11. The van der Waals surface area contributed by atoms with Gasteiger partial charge in [-0.2, -0.15) is 0 Å². The maximum atomic E-state index is 4.01. The molecule has 0 fully saturated rings. The molecule has 0 saturated heterocycles. The number of hydrogen-bond acceptors (Lipinski definition) is 0. The van der Waals surface area contributed by atoms with E-state index in [-0.39, 0.29) is 0 Å². The normalized spacial score (nSPS) is 31.4. The highest BCUT2D eigenvalue weighted by atomic mass is 14.2. The van der Waals surface area contributed by atoms with E-state index in [9.17, 15) is 0 Å². The molecule has 11 heavy (non-hydrogen) atoms. The molecule has 0 aliphatic heterocycles. The number of hydrogen-bond donors (Lipinski definition) is 0. The van der Waals surface area contributed by atoms with Gasteiger partial charge in [-0.3, -0.25) is 0 Å². The summed E-state index contributed by atoms with van der Waals surface area (Å²) in [6.45, 7) is 10.7. The van der Waals surface area contributed by atoms with Crippen LogP contribution in [0.25, 0.3) is 0 Å². The van der Waals surface area contributed by atoms with Crippen LogP contribution in [0.1, 0.15) is 33.6 Å². The lowest BCUT2D eigenvalue weighted by Gasteiger charge is -2.26. The van der Waals surface area contributed by atoms with Gasteiger partial charge in [-0.05, 0) is 38.5 Å². The first-order valence-electron chi connectivity index (χ1n) is 4.43. The summed E-state index contributed by atoms with van der Waals surface area (Å²) < 4.78 is 0. The molecular weight excluding hydrogens is 132 g/mol. The van der Waals surface area contributed by atoms with Gasteiger partial charge in [0.1, 0.15) is 0 Å². The van der Waals surface area contributed by atoms with E-state index in [1.54, 1.807) is 5.57 Å². The van der Waals surface area contributed by atoms with E-state index < -0.39 is 0 Å². The van der Waals surface area contributed by atoms with Crippen molar-refractivity contribution in [1.29, 1.82) is 0 Å². The third-order valence-corrected chi connectivity index (χ3v) is 2.84. The van der Waals surface area contributed by atoms with Crippen LogP contribution in [0, 0.1) is 11.8 Å². The van der Waals surface area contributed by atoms with Crippen molar-refractivity contribution in [1.82, 2.24) is 0 Å². The van der Waals surface area contributed by atoms with Gasteiger partial charge in [0.05, 0.1) is 0 Å². The molecule has 0 N–H and O–H groups in total. The molecule has 1 rings (SSSR count). The molecule has 0 aromatic carbocycles. The van der Waals surface area contributed by atoms with Gasteiger partial charge in [0.25, 0.3) is 0 Å². The van der Waals surface area contributed by atoms with Crippen molar-refractivity contribution >= 4 is 0 Å². The zero-order chi connectivity index (χ0) is 8.43. The van der Waals surface area contributed by atoms with Crippen molar-refractivity contribution < 1.29 is 0 Å². The lowest BCUT2D eigenvalue weighted by Crippen LogP contribution is -2.12. The van der Waals surface area contributed by atoms with Crippen molar-refractivity contribution in [2.45, 2.75) is 33.6 Å². The molecule has 0 radical (unpaired) electrons. The lowest BCUT2D eigenvalue weighted by atomic mass is 9.80. The zero-order valence-corrected chi connectivity index (χ0v) is 7.85. The van der Waals surface area contributed by atoms with Crippen LogP contribution < -0.4 is 0 Å². The standard InChI is InChI=1S/C11H18/c1-8(2)11-6-5-9(3)10(4)7-11/h5,10-11H,1,6-7H2,2-4H3/t10-,11+/m0/s1. The van der Waals surface area contributed by atoms with Crippen LogP contribution in [0.4, 0.5) is 0 Å². The number of rotatable bonds is 1. The van der Waals surface area contributed by atoms with E-state index in [0.717, 1.165) is 11.8 Å². The van der Waals surface area contributed by atoms with Crippen molar-refractivity contribution in [3.63, 3.8) is 0 Å². The summed E-state index contributed by atoms with van der Waals surface area (Å²) in [7, 11) is 0. The Morgan fingerprint density at radius 1 is 1.64 bits per heavy atom. The summed E-state index contributed by atoms with van der Waals surface area (Å²) in [6, 6.07) is 0. The Hall–Kier alpha value is -0.520. The maximum Gasteiger partial charge on any atom is -0.0168 e. The molecule has 0 bridgehead atoms. The Morgan fingerprint density at radius 2 is 2.27 bits per heavy atom. The van der Waals surface area contributed by atoms with Crippen LogP contribution in [-0.2, 0) is 0 Å². The second-order valence-electron chi connectivity index (χ2n) is 3.86. The van der Waals surface area contributed by atoms with E-state index in [4.69, 9.17) is 0 Å². The van der Waals surface area contributed by atoms with Gasteiger partial charge < -0.3 is 0 Å². The average Bonchev–Trinajstić information content (AvgIpc) is 1.94. The summed E-state index contributed by atoms with van der Waals surface area (Å²) in [4.78, 5) is 0. The third-order valence-electron chi connectivity index (χ3n) is 2.84. The molecule has 0 unspecified atom stereocenters. The van der Waals surface area contributed by atoms with E-state index >= 15 is 0 Å². The largest absolute Gasteiger partial charge is 0.0998 e. The van der Waals surface area contributed by atoms with E-state index in [0.29, 0.717) is 0 Å². The Labute approximate surface area is 70.0 Å². The van der Waals surface area contributed by atoms with Crippen molar-refractivity contribution in [2.75, 3.05) is 0 Å². The van der Waals surface area contributed by atoms with Gasteiger partial charge in [0, 0.05) is 0 Å². The Bertz CT molecular complexity index is 186. The van der Waals surface area contributed by atoms with Crippen molar-refractivity contribution in [3.05, 3.63) is 23.8 Å². The topological polar surface area (TPSA) is 0 Å². The minimum Gasteiger partial charge on any atom is -0.0998 e. The minimum atomic E-state index is 0.744. The van der Waals surface area contributed by atoms with Crippen LogP contribution in [0.3, 0.4) is 0 Å². The summed E-state index contributed by atoms with van der Waals surface area (Å²) in [5, 5.41) is 0. The highest BCUT2D eigenvalue weighted by Crippen LogP contribution is 2.31. The maximum absolute atomic E-state index is 4.01. The van der Waals surface area contributed by atoms with Crippen LogP contribution in [0.15, 0.2) is 23.8 Å². The quantitative estimate of drug-likeness (QED) is 0.501. The fourth-order valence-corrected chi connectivity index (χ4v) is 1.64. The van der Waals surface area contributed by atoms with Crippen LogP contribution in [0.5, 0.6) is 0 Å². The van der Waals surface area contributed by atoms with E-state index in [1.807, 2.05) is 0 Å². The predicted molar refractivity (Wildman–Crippen MR) is 50.5 cm³/mol. The molecular formula is C11H18. The molecule has 2 atom stereocenters. The van der Waals surface area contributed by atoms with Gasteiger partial charge in [-0.25, -0.2) is 0 Å². The molecule has 1 aliphatic carbocycles. The fraction of sp³-hybridized carbons (Fsp3) is 0.636. The Morgan fingerprint density at radius 3 is 2.73 bits per heavy atom. The molecule has 0 aromatic heterocycles. The second kappa shape index (κ2) is 3.25. The van der Waals surface area contributed by atoms with Gasteiger partial charge in [0.15, 0.2) is 0 Å². The first-order valence-corrected chi connectivity index (χ1v) is 4.43. The fourth-order valence-electron chi connectivity index (χ4n) is 1.64. The summed E-state index contributed by atoms with van der Waals surface area (Å²) in [6.07, 6.45) is 4.89. The minimum absolute atomic E-state index is 0.744. The molecule has 0 amide bonds. The van der Waals surface area contributed by atoms with Gasteiger partial charge in [0.2, 0.25) is 0 Å². The summed E-state index contributed by atoms with van der Waals surface area (Å²) in [5.41, 5.74) is 2.91. The van der Waals surface area contributed by atoms with E-state index in [2.05, 4.69) is 33.4 Å². The smallest absolute Gasteiger partial charge is 0.0168 e. The third kappa shape index (κ3) is 1.95. The predicted octanol–water partition coefficient (Wildman–Crippen LogP) is 3.55. The summed E-state index contributed by atoms with van der Waals surface area (Å²) in [5.74, 6) is 1.51. The Balaban J connectivity index is 2.62. The first kappa shape index (κ1) is 8.58. The number of allylic oxidation sites excluding steroid dienone is 3. The van der Waals surface area contributed by atoms with Gasteiger partial charge >= 0.3 is 0 Å². The molecule has 0 heteroatoms. The molecule has 0 nitrogen and oxygen atoms in total. The highest BCUT2D eigenvalue weighted by Gasteiger charge is 2.18. The van der Waals surface area contributed by atoms with Gasteiger partial charge in [-0.15, -0.1) is 0 Å². The molecule has 0 heterocycles. The van der Waals surface area contributed by atoms with Gasteiger partial charge in [-0.1, -0.05) is 30.7 Å². The van der Waals surface area contributed by atoms with Crippen molar-refractivity contribution in [2.24, 2.45) is 11.8 Å². The zero-order valence-electron chi connectivity index (χ0n) is 7.85. The molecule has 62 valence electrons. The second-order valence-corrected chi connectivity index (χ2v) is 3.86. The SMILES string of the molecule is C=C(C)[C@@H]1CC=C(C)[C@@H](C)C1.